The summed E-state index contributed by atoms with van der Waals surface area (Å²) in [5.74, 6) is 0.454. The lowest BCUT2D eigenvalue weighted by Gasteiger charge is -2.56. The van der Waals surface area contributed by atoms with Crippen LogP contribution in [0.3, 0.4) is 0 Å². The van der Waals surface area contributed by atoms with Crippen molar-refractivity contribution in [2.24, 2.45) is 5.92 Å². The number of benzene rings is 1. The highest BCUT2D eigenvalue weighted by molar-refractivity contribution is 7.20. The van der Waals surface area contributed by atoms with Crippen LogP contribution in [0.5, 0.6) is 0 Å². The van der Waals surface area contributed by atoms with Crippen molar-refractivity contribution in [2.45, 2.75) is 38.3 Å². The van der Waals surface area contributed by atoms with Gasteiger partial charge in [0.25, 0.3) is 11.6 Å². The number of hydrogen-bond donors (Lipinski definition) is 1. The number of non-ortho nitro benzene ring substituents is 1. The number of rotatable bonds is 3. The number of thiophene rings is 1. The molecule has 3 aliphatic rings. The second-order valence-corrected chi connectivity index (χ2v) is 8.60. The van der Waals surface area contributed by atoms with Crippen molar-refractivity contribution in [3.05, 3.63) is 39.3 Å². The van der Waals surface area contributed by atoms with Crippen LogP contribution in [0.4, 0.5) is 5.69 Å². The van der Waals surface area contributed by atoms with Gasteiger partial charge in [0.05, 0.1) is 9.80 Å². The molecule has 7 heteroatoms. The fourth-order valence-electron chi connectivity index (χ4n) is 4.33. The predicted octanol–water partition coefficient (Wildman–Crippen LogP) is 3.41. The molecule has 0 aliphatic carbocycles. The quantitative estimate of drug-likeness (QED) is 0.673. The SMILES string of the molecule is CC1(C)C(NC(=O)c2cc3ccc([N+](=O)[O-])cc3s2)C2CCN1CC2. The average Bonchev–Trinajstić information content (AvgIpc) is 3.01. The molecule has 2 aromatic rings. The molecule has 1 N–H and O–H groups in total. The van der Waals surface area contributed by atoms with Crippen LogP contribution in [0.15, 0.2) is 24.3 Å². The van der Waals surface area contributed by atoms with E-state index in [0.29, 0.717) is 10.8 Å². The van der Waals surface area contributed by atoms with Gasteiger partial charge in [-0.2, -0.15) is 0 Å². The second-order valence-electron chi connectivity index (χ2n) is 7.52. The van der Waals surface area contributed by atoms with Gasteiger partial charge in [-0.3, -0.25) is 19.8 Å². The summed E-state index contributed by atoms with van der Waals surface area (Å²) in [7, 11) is 0. The number of nitrogens with one attached hydrogen (secondary N) is 1. The van der Waals surface area contributed by atoms with Crippen molar-refractivity contribution in [1.29, 1.82) is 0 Å². The van der Waals surface area contributed by atoms with Gasteiger partial charge in [0.1, 0.15) is 0 Å². The number of nitro benzene ring substituents is 1. The van der Waals surface area contributed by atoms with Crippen LogP contribution in [0, 0.1) is 16.0 Å². The first kappa shape index (κ1) is 16.5. The minimum Gasteiger partial charge on any atom is -0.346 e. The highest BCUT2D eigenvalue weighted by atomic mass is 32.1. The van der Waals surface area contributed by atoms with E-state index in [-0.39, 0.29) is 23.2 Å². The number of hydrogen-bond acceptors (Lipinski definition) is 5. The summed E-state index contributed by atoms with van der Waals surface area (Å²) in [4.78, 5) is 26.4. The van der Waals surface area contributed by atoms with E-state index in [9.17, 15) is 14.9 Å². The van der Waals surface area contributed by atoms with Gasteiger partial charge in [-0.15, -0.1) is 11.3 Å². The number of piperidine rings is 3. The molecular formula is C18H21N3O3S. The number of nitro groups is 1. The van der Waals surface area contributed by atoms with E-state index < -0.39 is 4.92 Å². The normalized spacial score (nSPS) is 27.4. The van der Waals surface area contributed by atoms with Crippen molar-refractivity contribution in [3.63, 3.8) is 0 Å². The lowest BCUT2D eigenvalue weighted by molar-refractivity contribution is -0.384. The van der Waals surface area contributed by atoms with E-state index in [1.807, 2.05) is 6.07 Å². The van der Waals surface area contributed by atoms with Crippen molar-refractivity contribution in [2.75, 3.05) is 13.1 Å². The fraction of sp³-hybridized carbons (Fsp3) is 0.500. The van der Waals surface area contributed by atoms with Crippen molar-refractivity contribution < 1.29 is 9.72 Å². The second kappa shape index (κ2) is 5.78. The van der Waals surface area contributed by atoms with Crippen LogP contribution >= 0.6 is 11.3 Å². The molecule has 0 radical (unpaired) electrons. The van der Waals surface area contributed by atoms with Crippen LogP contribution < -0.4 is 5.32 Å². The Kier molecular flexibility index (Phi) is 3.81. The van der Waals surface area contributed by atoms with Crippen LogP contribution in [-0.4, -0.2) is 40.4 Å². The first-order valence-corrected chi connectivity index (χ1v) is 9.42. The molecule has 0 spiro atoms. The summed E-state index contributed by atoms with van der Waals surface area (Å²) in [5.41, 5.74) is 0.0200. The highest BCUT2D eigenvalue weighted by Crippen LogP contribution is 2.39. The largest absolute Gasteiger partial charge is 0.346 e. The van der Waals surface area contributed by atoms with Gasteiger partial charge in [0.15, 0.2) is 0 Å². The Morgan fingerprint density at radius 1 is 1.32 bits per heavy atom. The molecule has 1 aromatic heterocycles. The molecular weight excluding hydrogens is 338 g/mol. The smallest absolute Gasteiger partial charge is 0.270 e. The van der Waals surface area contributed by atoms with Gasteiger partial charge < -0.3 is 5.32 Å². The topological polar surface area (TPSA) is 75.5 Å². The first-order chi connectivity index (χ1) is 11.9. The lowest BCUT2D eigenvalue weighted by Crippen LogP contribution is -2.69. The molecule has 1 aromatic carbocycles. The third-order valence-electron chi connectivity index (χ3n) is 5.81. The van der Waals surface area contributed by atoms with Crippen LogP contribution in [0.25, 0.3) is 10.1 Å². The summed E-state index contributed by atoms with van der Waals surface area (Å²) in [5, 5.41) is 15.0. The highest BCUT2D eigenvalue weighted by Gasteiger charge is 2.48. The number of amides is 1. The molecule has 25 heavy (non-hydrogen) atoms. The third-order valence-corrected chi connectivity index (χ3v) is 6.91. The van der Waals surface area contributed by atoms with Crippen molar-refractivity contribution >= 4 is 33.0 Å². The van der Waals surface area contributed by atoms with Gasteiger partial charge in [-0.25, -0.2) is 0 Å². The summed E-state index contributed by atoms with van der Waals surface area (Å²) >= 11 is 1.32. The maximum Gasteiger partial charge on any atom is 0.270 e. The summed E-state index contributed by atoms with van der Waals surface area (Å²) in [6.07, 6.45) is 2.26. The Labute approximate surface area is 150 Å². The Morgan fingerprint density at radius 2 is 2.04 bits per heavy atom. The zero-order valence-electron chi connectivity index (χ0n) is 14.3. The molecule has 3 fully saturated rings. The van der Waals surface area contributed by atoms with Gasteiger partial charge in [0.2, 0.25) is 0 Å². The van der Waals surface area contributed by atoms with Gasteiger partial charge >= 0.3 is 0 Å². The molecule has 1 amide bonds. The van der Waals surface area contributed by atoms with Crippen LogP contribution in [0.1, 0.15) is 36.4 Å². The summed E-state index contributed by atoms with van der Waals surface area (Å²) < 4.78 is 0.771. The first-order valence-electron chi connectivity index (χ1n) is 8.60. The average molecular weight is 359 g/mol. The van der Waals surface area contributed by atoms with E-state index in [2.05, 4.69) is 24.1 Å². The Hall–Kier alpha value is -1.99. The molecule has 5 rings (SSSR count). The fourth-order valence-corrected chi connectivity index (χ4v) is 5.33. The molecule has 3 aliphatic heterocycles. The maximum absolute atomic E-state index is 12.8. The van der Waals surface area contributed by atoms with E-state index in [4.69, 9.17) is 0 Å². The number of carbonyl (C=O) groups is 1. The standard InChI is InChI=1S/C18H21N3O3S/c1-18(2)16(11-5-7-20(18)8-6-11)19-17(22)15-9-12-3-4-13(21(23)24)10-14(12)25-15/h3-4,9-11,16H,5-8H2,1-2H3,(H,19,22). The summed E-state index contributed by atoms with van der Waals surface area (Å²) in [6.45, 7) is 6.63. The maximum atomic E-state index is 12.8. The van der Waals surface area contributed by atoms with E-state index in [1.165, 1.54) is 23.5 Å². The minimum absolute atomic E-state index is 0.0354. The molecule has 0 saturated carbocycles. The van der Waals surface area contributed by atoms with Crippen molar-refractivity contribution in [3.8, 4) is 0 Å². The van der Waals surface area contributed by atoms with Gasteiger partial charge in [0, 0.05) is 28.4 Å². The van der Waals surface area contributed by atoms with Crippen LogP contribution in [0.2, 0.25) is 0 Å². The number of nitrogens with zero attached hydrogens (tertiary/aromatic N) is 2. The molecule has 1 atom stereocenters. The molecule has 3 saturated heterocycles. The third kappa shape index (κ3) is 2.71. The Morgan fingerprint density at radius 3 is 2.68 bits per heavy atom. The Balaban J connectivity index is 1.59. The molecule has 1 unspecified atom stereocenters. The Bertz CT molecular complexity index is 852. The van der Waals surface area contributed by atoms with Crippen LogP contribution in [-0.2, 0) is 0 Å². The van der Waals surface area contributed by atoms with Gasteiger partial charge in [-0.1, -0.05) is 0 Å². The van der Waals surface area contributed by atoms with Gasteiger partial charge in [-0.05, 0) is 63.2 Å². The zero-order valence-corrected chi connectivity index (χ0v) is 15.1. The van der Waals surface area contributed by atoms with E-state index >= 15 is 0 Å². The molecule has 2 bridgehead atoms. The predicted molar refractivity (Wildman–Crippen MR) is 98.1 cm³/mol. The van der Waals surface area contributed by atoms with E-state index in [0.717, 1.165) is 36.0 Å². The monoisotopic (exact) mass is 359 g/mol. The zero-order chi connectivity index (χ0) is 17.8. The number of carbonyl (C=O) groups excluding carboxylic acids is 1. The summed E-state index contributed by atoms with van der Waals surface area (Å²) in [6, 6.07) is 6.69. The van der Waals surface area contributed by atoms with Crippen molar-refractivity contribution in [1.82, 2.24) is 10.2 Å². The lowest BCUT2D eigenvalue weighted by atomic mass is 9.72. The van der Waals surface area contributed by atoms with E-state index in [1.54, 1.807) is 6.07 Å². The molecule has 6 nitrogen and oxygen atoms in total. The molecule has 4 heterocycles. The number of fused-ring (bicyclic) bond motifs is 4. The minimum atomic E-state index is -0.408. The molecule has 132 valence electrons.